The van der Waals surface area contributed by atoms with Crippen molar-refractivity contribution in [2.24, 2.45) is 0 Å². The molecule has 0 rings (SSSR count). The molecule has 0 aliphatic carbocycles. The van der Waals surface area contributed by atoms with E-state index in [0.717, 1.165) is 0 Å². The van der Waals surface area contributed by atoms with Gasteiger partial charge in [-0.25, -0.2) is 0 Å². The third kappa shape index (κ3) is 11.5. The van der Waals surface area contributed by atoms with Crippen LogP contribution in [0.4, 0.5) is 0 Å². The van der Waals surface area contributed by atoms with Gasteiger partial charge in [-0.15, -0.1) is 0 Å². The molecule has 5 nitrogen and oxygen atoms in total. The maximum absolute atomic E-state index is 9.95. The second kappa shape index (κ2) is 5.42. The molecule has 0 bridgehead atoms. The molecule has 0 aromatic carbocycles. The standard InChI is InChI=1S/C2H4O5S2.Na/c3-2(4)1-7-9(5,6)8;/h1H2,(H,3,4)(H,5,6,8);/q;+1/p-1. The molecule has 0 radical (unpaired) electrons. The number of carbonyl (C=O) groups excluding carboxylic acids is 1. The van der Waals surface area contributed by atoms with E-state index < -0.39 is 21.6 Å². The maximum atomic E-state index is 9.95. The van der Waals surface area contributed by atoms with Crippen molar-refractivity contribution in [1.29, 1.82) is 0 Å². The van der Waals surface area contributed by atoms with Gasteiger partial charge >= 0.3 is 29.6 Å². The number of rotatable bonds is 3. The molecule has 0 saturated heterocycles. The number of aliphatic carboxylic acids is 1. The Balaban J connectivity index is 0. The molecule has 1 atom stereocenters. The molecule has 10 heavy (non-hydrogen) atoms. The summed E-state index contributed by atoms with van der Waals surface area (Å²) in [5, 5.41) is 9.53. The number of carboxylic acids is 1. The van der Waals surface area contributed by atoms with E-state index in [1.54, 1.807) is 0 Å². The Labute approximate surface area is 84.8 Å². The van der Waals surface area contributed by atoms with E-state index in [9.17, 15) is 14.1 Å². The van der Waals surface area contributed by atoms with E-state index in [0.29, 0.717) is 0 Å². The molecule has 0 aliphatic heterocycles. The van der Waals surface area contributed by atoms with Crippen molar-refractivity contribution in [3.63, 3.8) is 0 Å². The van der Waals surface area contributed by atoms with Crippen LogP contribution < -0.4 is 34.7 Å². The van der Waals surface area contributed by atoms with Gasteiger partial charge in [0.25, 0.3) is 9.05 Å². The van der Waals surface area contributed by atoms with E-state index in [4.69, 9.17) is 4.55 Å². The second-order valence-electron chi connectivity index (χ2n) is 1.06. The zero-order valence-corrected chi connectivity index (χ0v) is 8.74. The minimum Gasteiger partial charge on any atom is -0.548 e. The Bertz CT molecular complexity index is 196. The SMILES string of the molecule is O=C([O-])COS(=O)(O)=S.[Na+]. The summed E-state index contributed by atoms with van der Waals surface area (Å²) in [7, 11) is -3.81. The summed E-state index contributed by atoms with van der Waals surface area (Å²) in [6.07, 6.45) is 0. The molecule has 0 saturated carbocycles. The molecule has 54 valence electrons. The number of hydrogen-bond acceptors (Lipinski definition) is 5. The van der Waals surface area contributed by atoms with Crippen LogP contribution in [0.1, 0.15) is 0 Å². The predicted molar refractivity (Wildman–Crippen MR) is 29.1 cm³/mol. The van der Waals surface area contributed by atoms with Crippen molar-refractivity contribution in [2.75, 3.05) is 6.61 Å². The van der Waals surface area contributed by atoms with Gasteiger partial charge in [0.1, 0.15) is 6.61 Å². The molecular formula is C2H3NaO5S2. The molecule has 0 amide bonds. The number of carboxylic acid groups (broad SMARTS) is 1. The van der Waals surface area contributed by atoms with Gasteiger partial charge in [0.15, 0.2) is 0 Å². The summed E-state index contributed by atoms with van der Waals surface area (Å²) in [5.41, 5.74) is 0. The van der Waals surface area contributed by atoms with Crippen molar-refractivity contribution in [2.45, 2.75) is 0 Å². The molecule has 0 aliphatic rings. The minimum absolute atomic E-state index is 0. The minimum atomic E-state index is -3.81. The van der Waals surface area contributed by atoms with E-state index in [-0.39, 0.29) is 29.6 Å². The number of carbonyl (C=O) groups is 1. The van der Waals surface area contributed by atoms with Crippen molar-refractivity contribution >= 4 is 26.2 Å². The van der Waals surface area contributed by atoms with Crippen LogP contribution in [0.3, 0.4) is 0 Å². The van der Waals surface area contributed by atoms with E-state index in [2.05, 4.69) is 15.4 Å². The molecule has 0 fully saturated rings. The van der Waals surface area contributed by atoms with Gasteiger partial charge in [-0.05, 0) is 0 Å². The fraction of sp³-hybridized carbons (Fsp3) is 0.500. The summed E-state index contributed by atoms with van der Waals surface area (Å²) < 4.78 is 21.8. The Kier molecular flexibility index (Phi) is 7.23. The molecule has 1 unspecified atom stereocenters. The van der Waals surface area contributed by atoms with Crippen LogP contribution in [0.5, 0.6) is 0 Å². The molecule has 0 aromatic heterocycles. The van der Waals surface area contributed by atoms with Gasteiger partial charge in [0, 0.05) is 11.2 Å². The van der Waals surface area contributed by atoms with Gasteiger partial charge in [-0.2, -0.15) is 4.21 Å². The van der Waals surface area contributed by atoms with E-state index in [1.807, 2.05) is 0 Å². The van der Waals surface area contributed by atoms with Gasteiger partial charge in [-0.3, -0.25) is 8.74 Å². The first-order chi connectivity index (χ1) is 3.92. The van der Waals surface area contributed by atoms with Crippen molar-refractivity contribution in [3.05, 3.63) is 0 Å². The summed E-state index contributed by atoms with van der Waals surface area (Å²) in [6, 6.07) is 0. The topological polar surface area (TPSA) is 86.7 Å². The smallest absolute Gasteiger partial charge is 0.548 e. The third-order valence-corrected chi connectivity index (χ3v) is 1.03. The Hall–Kier alpha value is 0.760. The Morgan fingerprint density at radius 2 is 2.20 bits per heavy atom. The van der Waals surface area contributed by atoms with Gasteiger partial charge in [-0.1, -0.05) is 0 Å². The van der Waals surface area contributed by atoms with Crippen molar-refractivity contribution in [3.8, 4) is 0 Å². The summed E-state index contributed by atoms with van der Waals surface area (Å²) in [6.45, 7) is -0.959. The summed E-state index contributed by atoms with van der Waals surface area (Å²) in [4.78, 5) is 9.53. The predicted octanol–water partition coefficient (Wildman–Crippen LogP) is -5.11. The first-order valence-corrected chi connectivity index (χ1v) is 4.10. The van der Waals surface area contributed by atoms with E-state index >= 15 is 0 Å². The normalized spacial score (nSPS) is 14.9. The fourth-order valence-electron chi connectivity index (χ4n) is 0.123. The third-order valence-electron chi connectivity index (χ3n) is 0.326. The number of hydrogen-bond donors (Lipinski definition) is 1. The van der Waals surface area contributed by atoms with Crippen LogP contribution in [0.25, 0.3) is 0 Å². The van der Waals surface area contributed by atoms with Gasteiger partial charge in [0.05, 0.1) is 5.97 Å². The molecule has 1 N–H and O–H groups in total. The summed E-state index contributed by atoms with van der Waals surface area (Å²) in [5.74, 6) is -1.58. The average Bonchev–Trinajstić information content (AvgIpc) is 1.59. The average molecular weight is 194 g/mol. The zero-order valence-electron chi connectivity index (χ0n) is 5.10. The molecule has 8 heteroatoms. The van der Waals surface area contributed by atoms with Crippen LogP contribution in [0.15, 0.2) is 0 Å². The second-order valence-corrected chi connectivity index (χ2v) is 3.42. The molecule has 0 spiro atoms. The Morgan fingerprint density at radius 3 is 2.30 bits per heavy atom. The van der Waals surface area contributed by atoms with Gasteiger partial charge in [0.2, 0.25) is 0 Å². The maximum Gasteiger partial charge on any atom is 1.00 e. The fourth-order valence-corrected chi connectivity index (χ4v) is 0.512. The van der Waals surface area contributed by atoms with Crippen molar-refractivity contribution in [1.82, 2.24) is 0 Å². The van der Waals surface area contributed by atoms with E-state index in [1.165, 1.54) is 0 Å². The molecular weight excluding hydrogens is 191 g/mol. The molecule has 0 heterocycles. The molecule has 0 aromatic rings. The summed E-state index contributed by atoms with van der Waals surface area (Å²) >= 11 is 3.77. The van der Waals surface area contributed by atoms with Crippen LogP contribution in [-0.4, -0.2) is 21.3 Å². The quantitative estimate of drug-likeness (QED) is 0.452. The zero-order chi connectivity index (χ0) is 7.49. The van der Waals surface area contributed by atoms with Crippen LogP contribution >= 0.6 is 0 Å². The van der Waals surface area contributed by atoms with Crippen molar-refractivity contribution < 1.29 is 52.4 Å². The van der Waals surface area contributed by atoms with Gasteiger partial charge < -0.3 is 9.90 Å². The first kappa shape index (κ1) is 13.4. The first-order valence-electron chi connectivity index (χ1n) is 1.73. The monoisotopic (exact) mass is 194 g/mol. The van der Waals surface area contributed by atoms with Crippen LogP contribution in [0.2, 0.25) is 0 Å². The van der Waals surface area contributed by atoms with Crippen LogP contribution in [-0.2, 0) is 29.2 Å². The largest absolute Gasteiger partial charge is 1.00 e. The van der Waals surface area contributed by atoms with Crippen LogP contribution in [0, 0.1) is 0 Å². The Morgan fingerprint density at radius 1 is 1.80 bits per heavy atom.